The number of nitriles is 2. The van der Waals surface area contributed by atoms with Gasteiger partial charge in [-0.2, -0.15) is 10.5 Å². The van der Waals surface area contributed by atoms with E-state index in [9.17, 15) is 4.79 Å². The molecule has 0 spiro atoms. The molecule has 0 unspecified atom stereocenters. The molecule has 0 N–H and O–H groups in total. The Kier molecular flexibility index (Phi) is 5.00. The number of ether oxygens (including phenoxy) is 2. The van der Waals surface area contributed by atoms with Crippen molar-refractivity contribution in [3.8, 4) is 23.6 Å². The Morgan fingerprint density at radius 1 is 1.36 bits per heavy atom. The first-order valence-corrected chi connectivity index (χ1v) is 6.83. The second kappa shape index (κ2) is 7.14. The first kappa shape index (κ1) is 15.4. The predicted molar refractivity (Wildman–Crippen MR) is 78.9 cm³/mol. The lowest BCUT2D eigenvalue weighted by atomic mass is 10.1. The second-order valence-electron chi connectivity index (χ2n) is 4.54. The van der Waals surface area contributed by atoms with E-state index >= 15 is 0 Å². The van der Waals surface area contributed by atoms with Crippen molar-refractivity contribution in [1.29, 1.82) is 10.5 Å². The van der Waals surface area contributed by atoms with Crippen molar-refractivity contribution in [2.75, 3.05) is 26.3 Å². The molecule has 112 valence electrons. The summed E-state index contributed by atoms with van der Waals surface area (Å²) in [6.45, 7) is 2.23. The zero-order chi connectivity index (χ0) is 15.9. The lowest BCUT2D eigenvalue weighted by Gasteiger charge is -2.23. The Bertz CT molecular complexity index is 667. The molecule has 0 radical (unpaired) electrons. The van der Waals surface area contributed by atoms with Crippen LogP contribution in [-0.2, 0) is 4.79 Å². The summed E-state index contributed by atoms with van der Waals surface area (Å²) in [6.07, 6.45) is 1.71. The first-order valence-electron chi connectivity index (χ1n) is 6.83. The molecule has 0 bridgehead atoms. The van der Waals surface area contributed by atoms with Crippen molar-refractivity contribution >= 4 is 12.0 Å². The Hall–Kier alpha value is -2.99. The molecule has 1 aromatic carbocycles. The molecule has 0 aromatic heterocycles. The summed E-state index contributed by atoms with van der Waals surface area (Å²) >= 11 is 0. The molecular formula is C16H15N3O3. The van der Waals surface area contributed by atoms with E-state index in [0.29, 0.717) is 23.7 Å². The molecule has 1 aliphatic heterocycles. The molecule has 2 rings (SSSR count). The van der Waals surface area contributed by atoms with Crippen LogP contribution in [0.25, 0.3) is 6.08 Å². The van der Waals surface area contributed by atoms with Crippen molar-refractivity contribution in [3.05, 3.63) is 29.3 Å². The number of nitrogens with zero attached hydrogens (tertiary/aromatic N) is 3. The molecule has 0 saturated carbocycles. The molecule has 6 heteroatoms. The van der Waals surface area contributed by atoms with Gasteiger partial charge in [-0.15, -0.1) is 0 Å². The van der Waals surface area contributed by atoms with Crippen molar-refractivity contribution in [1.82, 2.24) is 4.90 Å². The van der Waals surface area contributed by atoms with E-state index in [-0.39, 0.29) is 25.6 Å². The van der Waals surface area contributed by atoms with Gasteiger partial charge in [0.15, 0.2) is 11.5 Å². The average Bonchev–Trinajstić information content (AvgIpc) is 2.54. The fourth-order valence-electron chi connectivity index (χ4n) is 2.15. The van der Waals surface area contributed by atoms with E-state index in [1.165, 1.54) is 4.90 Å². The van der Waals surface area contributed by atoms with Crippen LogP contribution in [0.4, 0.5) is 0 Å². The third-order valence-corrected chi connectivity index (χ3v) is 3.10. The van der Waals surface area contributed by atoms with Crippen LogP contribution in [-0.4, -0.2) is 37.1 Å². The van der Waals surface area contributed by atoms with E-state index in [0.717, 1.165) is 5.56 Å². The summed E-state index contributed by atoms with van der Waals surface area (Å²) in [5.74, 6) is 0.872. The number of fused-ring (bicyclic) bond motifs is 1. The SMILES string of the molecule is CCOc1cccc2c1OCC(C(=O)N(CC#N)CC#N)=C2. The topological polar surface area (TPSA) is 86.3 Å². The van der Waals surface area contributed by atoms with E-state index in [4.69, 9.17) is 20.0 Å². The smallest absolute Gasteiger partial charge is 0.254 e. The van der Waals surface area contributed by atoms with Crippen molar-refractivity contribution < 1.29 is 14.3 Å². The van der Waals surface area contributed by atoms with Gasteiger partial charge < -0.3 is 14.4 Å². The molecule has 6 nitrogen and oxygen atoms in total. The van der Waals surface area contributed by atoms with Crippen LogP contribution < -0.4 is 9.47 Å². The summed E-state index contributed by atoms with van der Waals surface area (Å²) in [5, 5.41) is 17.5. The number of carbonyl (C=O) groups is 1. The summed E-state index contributed by atoms with van der Waals surface area (Å²) in [5.41, 5.74) is 1.15. The van der Waals surface area contributed by atoms with Crippen LogP contribution in [0, 0.1) is 22.7 Å². The lowest BCUT2D eigenvalue weighted by molar-refractivity contribution is -0.126. The zero-order valence-corrected chi connectivity index (χ0v) is 12.2. The molecule has 0 saturated heterocycles. The summed E-state index contributed by atoms with van der Waals surface area (Å²) < 4.78 is 11.1. The Balaban J connectivity index is 2.28. The highest BCUT2D eigenvalue weighted by Gasteiger charge is 2.23. The fourth-order valence-corrected chi connectivity index (χ4v) is 2.15. The molecule has 1 aromatic rings. The van der Waals surface area contributed by atoms with Crippen LogP contribution >= 0.6 is 0 Å². The van der Waals surface area contributed by atoms with Gasteiger partial charge >= 0.3 is 0 Å². The third kappa shape index (κ3) is 3.18. The second-order valence-corrected chi connectivity index (χ2v) is 4.54. The van der Waals surface area contributed by atoms with Gasteiger partial charge in [-0.3, -0.25) is 4.79 Å². The van der Waals surface area contributed by atoms with Gasteiger partial charge in [0.25, 0.3) is 5.91 Å². The Morgan fingerprint density at radius 3 is 2.73 bits per heavy atom. The molecule has 1 aliphatic rings. The minimum Gasteiger partial charge on any atom is -0.490 e. The molecule has 1 amide bonds. The third-order valence-electron chi connectivity index (χ3n) is 3.10. The van der Waals surface area contributed by atoms with Crippen LogP contribution in [0.3, 0.4) is 0 Å². The van der Waals surface area contributed by atoms with Gasteiger partial charge in [0, 0.05) is 5.56 Å². The standard InChI is InChI=1S/C16H15N3O3/c1-2-21-14-5-3-4-12-10-13(11-22-15(12)14)16(20)19(8-6-17)9-7-18/h3-5,10H,2,8-9,11H2,1H3. The Morgan fingerprint density at radius 2 is 2.09 bits per heavy atom. The van der Waals surface area contributed by atoms with Crippen molar-refractivity contribution in [3.63, 3.8) is 0 Å². The maximum absolute atomic E-state index is 12.3. The Labute approximate surface area is 128 Å². The maximum Gasteiger partial charge on any atom is 0.254 e. The molecule has 1 heterocycles. The number of benzene rings is 1. The van der Waals surface area contributed by atoms with Crippen molar-refractivity contribution in [2.45, 2.75) is 6.92 Å². The highest BCUT2D eigenvalue weighted by atomic mass is 16.5. The minimum atomic E-state index is -0.365. The van der Waals surface area contributed by atoms with Crippen LogP contribution in [0.2, 0.25) is 0 Å². The number of rotatable bonds is 5. The molecular weight excluding hydrogens is 282 g/mol. The zero-order valence-electron chi connectivity index (χ0n) is 12.2. The van der Waals surface area contributed by atoms with Gasteiger partial charge in [0.2, 0.25) is 0 Å². The lowest BCUT2D eigenvalue weighted by Crippen LogP contribution is -2.35. The quantitative estimate of drug-likeness (QED) is 0.773. The number of carbonyl (C=O) groups excluding carboxylic acids is 1. The minimum absolute atomic E-state index is 0.0866. The molecule has 0 atom stereocenters. The van der Waals surface area contributed by atoms with Crippen LogP contribution in [0.15, 0.2) is 23.8 Å². The predicted octanol–water partition coefficient (Wildman–Crippen LogP) is 1.74. The molecule has 0 aliphatic carbocycles. The monoisotopic (exact) mass is 297 g/mol. The number of hydrogen-bond acceptors (Lipinski definition) is 5. The summed E-state index contributed by atoms with van der Waals surface area (Å²) in [7, 11) is 0. The summed E-state index contributed by atoms with van der Waals surface area (Å²) in [6, 6.07) is 9.21. The van der Waals surface area contributed by atoms with E-state index < -0.39 is 0 Å². The van der Waals surface area contributed by atoms with Gasteiger partial charge in [-0.1, -0.05) is 12.1 Å². The van der Waals surface area contributed by atoms with Crippen molar-refractivity contribution in [2.24, 2.45) is 0 Å². The molecule has 0 fully saturated rings. The number of hydrogen-bond donors (Lipinski definition) is 0. The fraction of sp³-hybridized carbons (Fsp3) is 0.312. The van der Waals surface area contributed by atoms with Crippen LogP contribution in [0.1, 0.15) is 12.5 Å². The van der Waals surface area contributed by atoms with E-state index in [1.54, 1.807) is 12.1 Å². The average molecular weight is 297 g/mol. The number of para-hydroxylation sites is 1. The molecule has 22 heavy (non-hydrogen) atoms. The highest BCUT2D eigenvalue weighted by molar-refractivity contribution is 5.99. The first-order chi connectivity index (χ1) is 10.7. The van der Waals surface area contributed by atoms with Gasteiger partial charge in [-0.25, -0.2) is 0 Å². The largest absolute Gasteiger partial charge is 0.490 e. The van der Waals surface area contributed by atoms with Gasteiger partial charge in [0.1, 0.15) is 19.7 Å². The van der Waals surface area contributed by atoms with Gasteiger partial charge in [-0.05, 0) is 19.1 Å². The van der Waals surface area contributed by atoms with E-state index in [2.05, 4.69) is 0 Å². The maximum atomic E-state index is 12.3. The highest BCUT2D eigenvalue weighted by Crippen LogP contribution is 2.36. The summed E-state index contributed by atoms with van der Waals surface area (Å²) in [4.78, 5) is 13.5. The van der Waals surface area contributed by atoms with Crippen LogP contribution in [0.5, 0.6) is 11.5 Å². The van der Waals surface area contributed by atoms with E-state index in [1.807, 2.05) is 31.2 Å². The normalized spacial score (nSPS) is 12.0. The number of amides is 1. The van der Waals surface area contributed by atoms with Gasteiger partial charge in [0.05, 0.1) is 24.3 Å².